The van der Waals surface area contributed by atoms with Crippen LogP contribution < -0.4 is 14.8 Å². The Morgan fingerprint density at radius 2 is 1.85 bits per heavy atom. The van der Waals surface area contributed by atoms with Crippen molar-refractivity contribution in [3.8, 4) is 17.6 Å². The molecule has 0 bridgehead atoms. The molecule has 1 saturated heterocycles. The molecule has 0 aromatic heterocycles. The van der Waals surface area contributed by atoms with E-state index >= 15 is 0 Å². The number of nitriles is 1. The van der Waals surface area contributed by atoms with Gasteiger partial charge in [-0.05, 0) is 72.8 Å². The number of benzene rings is 3. The molecule has 0 spiro atoms. The molecule has 3 aromatic rings. The van der Waals surface area contributed by atoms with Gasteiger partial charge in [-0.3, -0.25) is 19.3 Å². The molecule has 39 heavy (non-hydrogen) atoms. The fourth-order valence-electron chi connectivity index (χ4n) is 3.61. The highest BCUT2D eigenvalue weighted by atomic mass is 79.9. The Labute approximate surface area is 236 Å². The molecule has 11 heteroatoms. The van der Waals surface area contributed by atoms with Gasteiger partial charge in [-0.25, -0.2) is 4.39 Å². The van der Waals surface area contributed by atoms with Crippen LogP contribution in [0.1, 0.15) is 23.6 Å². The monoisotopic (exact) mass is 609 g/mol. The van der Waals surface area contributed by atoms with Gasteiger partial charge in [0.05, 0.1) is 23.1 Å². The summed E-state index contributed by atoms with van der Waals surface area (Å²) in [6.45, 7) is 1.83. The highest BCUT2D eigenvalue weighted by Gasteiger charge is 2.36. The number of ether oxygens (including phenoxy) is 2. The van der Waals surface area contributed by atoms with Crippen molar-refractivity contribution in [2.24, 2.45) is 0 Å². The van der Waals surface area contributed by atoms with Crippen molar-refractivity contribution in [3.63, 3.8) is 0 Å². The molecule has 1 heterocycles. The van der Waals surface area contributed by atoms with E-state index in [1.807, 2.05) is 13.0 Å². The third-order valence-corrected chi connectivity index (χ3v) is 7.07. The standard InChI is InChI=1S/C28H21BrFN3O5S/c1-2-37-23-11-19(22(29)13-24(23)38-16-18-6-4-3-5-17(18)14-31)12-25-27(35)33(28(36)39-25)15-26(34)32-21-9-7-20(30)8-10-21/h3-13H,2,15-16H2,1H3,(H,32,34)/b25-12-. The zero-order valence-corrected chi connectivity index (χ0v) is 23.0. The van der Waals surface area contributed by atoms with Crippen molar-refractivity contribution in [3.05, 3.63) is 92.5 Å². The van der Waals surface area contributed by atoms with Gasteiger partial charge in [-0.1, -0.05) is 34.1 Å². The highest BCUT2D eigenvalue weighted by molar-refractivity contribution is 9.10. The van der Waals surface area contributed by atoms with Crippen LogP contribution in [-0.4, -0.2) is 35.1 Å². The van der Waals surface area contributed by atoms with Gasteiger partial charge in [0.1, 0.15) is 19.0 Å². The van der Waals surface area contributed by atoms with Crippen LogP contribution in [0.3, 0.4) is 0 Å². The summed E-state index contributed by atoms with van der Waals surface area (Å²) in [5, 5.41) is 11.3. The van der Waals surface area contributed by atoms with Crippen LogP contribution in [0.4, 0.5) is 14.9 Å². The maximum absolute atomic E-state index is 13.1. The van der Waals surface area contributed by atoms with Crippen LogP contribution in [0, 0.1) is 17.1 Å². The summed E-state index contributed by atoms with van der Waals surface area (Å²) >= 11 is 4.20. The molecular weight excluding hydrogens is 589 g/mol. The van der Waals surface area contributed by atoms with Crippen molar-refractivity contribution in [1.29, 1.82) is 5.26 Å². The molecule has 0 unspecified atom stereocenters. The van der Waals surface area contributed by atoms with E-state index in [0.717, 1.165) is 10.5 Å². The Morgan fingerprint density at radius 1 is 1.13 bits per heavy atom. The fourth-order valence-corrected chi connectivity index (χ4v) is 4.87. The van der Waals surface area contributed by atoms with Gasteiger partial charge in [0.2, 0.25) is 5.91 Å². The molecule has 198 valence electrons. The first-order valence-corrected chi connectivity index (χ1v) is 13.3. The summed E-state index contributed by atoms with van der Waals surface area (Å²) in [5.41, 5.74) is 2.13. The number of imide groups is 1. The first-order chi connectivity index (χ1) is 18.8. The quantitative estimate of drug-likeness (QED) is 0.291. The number of hydrogen-bond acceptors (Lipinski definition) is 7. The molecule has 0 saturated carbocycles. The molecular formula is C28H21BrFN3O5S. The maximum Gasteiger partial charge on any atom is 0.294 e. The number of anilines is 1. The molecule has 1 aliphatic rings. The Hall–Kier alpha value is -4.14. The van der Waals surface area contributed by atoms with E-state index in [1.165, 1.54) is 30.3 Å². The van der Waals surface area contributed by atoms with Crippen LogP contribution >= 0.6 is 27.7 Å². The van der Waals surface area contributed by atoms with Gasteiger partial charge in [0, 0.05) is 15.7 Å². The summed E-state index contributed by atoms with van der Waals surface area (Å²) in [6, 6.07) is 17.7. The second-order valence-corrected chi connectivity index (χ2v) is 9.98. The van der Waals surface area contributed by atoms with Crippen LogP contribution in [0.25, 0.3) is 6.08 Å². The van der Waals surface area contributed by atoms with E-state index in [2.05, 4.69) is 27.3 Å². The van der Waals surface area contributed by atoms with E-state index in [9.17, 15) is 24.0 Å². The largest absolute Gasteiger partial charge is 0.490 e. The Balaban J connectivity index is 1.50. The molecule has 0 radical (unpaired) electrons. The fraction of sp³-hybridized carbons (Fsp3) is 0.143. The molecule has 1 fully saturated rings. The van der Waals surface area contributed by atoms with Crippen LogP contribution in [-0.2, 0) is 16.2 Å². The highest BCUT2D eigenvalue weighted by Crippen LogP contribution is 2.38. The van der Waals surface area contributed by atoms with E-state index in [4.69, 9.17) is 9.47 Å². The molecule has 0 atom stereocenters. The predicted octanol–water partition coefficient (Wildman–Crippen LogP) is 6.11. The van der Waals surface area contributed by atoms with E-state index in [0.29, 0.717) is 51.2 Å². The molecule has 1 aliphatic heterocycles. The van der Waals surface area contributed by atoms with E-state index in [1.54, 1.807) is 30.3 Å². The van der Waals surface area contributed by atoms with Gasteiger partial charge >= 0.3 is 0 Å². The number of nitrogens with zero attached hydrogens (tertiary/aromatic N) is 2. The number of carbonyl (C=O) groups is 3. The summed E-state index contributed by atoms with van der Waals surface area (Å²) in [6.07, 6.45) is 1.53. The SMILES string of the molecule is CCOc1cc(/C=C2\SC(=O)N(CC(=O)Nc3ccc(F)cc3)C2=O)c(Br)cc1OCc1ccccc1C#N. The van der Waals surface area contributed by atoms with Gasteiger partial charge in [0.25, 0.3) is 11.1 Å². The van der Waals surface area contributed by atoms with Crippen LogP contribution in [0.5, 0.6) is 11.5 Å². The van der Waals surface area contributed by atoms with Gasteiger partial charge in [0.15, 0.2) is 11.5 Å². The number of amides is 3. The average Bonchev–Trinajstić information content (AvgIpc) is 3.18. The number of rotatable bonds is 9. The lowest BCUT2D eigenvalue weighted by molar-refractivity contribution is -0.127. The lowest BCUT2D eigenvalue weighted by atomic mass is 10.1. The van der Waals surface area contributed by atoms with Gasteiger partial charge < -0.3 is 14.8 Å². The topological polar surface area (TPSA) is 109 Å². The van der Waals surface area contributed by atoms with Crippen molar-refractivity contribution in [2.75, 3.05) is 18.5 Å². The Morgan fingerprint density at radius 3 is 2.56 bits per heavy atom. The third-order valence-electron chi connectivity index (χ3n) is 5.47. The Kier molecular flexibility index (Phi) is 9.01. The first kappa shape index (κ1) is 27.9. The minimum atomic E-state index is -0.613. The smallest absolute Gasteiger partial charge is 0.294 e. The van der Waals surface area contributed by atoms with Crippen LogP contribution in [0.2, 0.25) is 0 Å². The number of hydrogen-bond donors (Lipinski definition) is 1. The minimum absolute atomic E-state index is 0.134. The summed E-state index contributed by atoms with van der Waals surface area (Å²) in [5.74, 6) is -0.813. The Bertz CT molecular complexity index is 1500. The van der Waals surface area contributed by atoms with Crippen molar-refractivity contribution < 1.29 is 28.2 Å². The lowest BCUT2D eigenvalue weighted by Crippen LogP contribution is -2.36. The average molecular weight is 610 g/mol. The molecule has 3 amide bonds. The molecule has 0 aliphatic carbocycles. The number of halogens is 2. The lowest BCUT2D eigenvalue weighted by Gasteiger charge is -2.15. The zero-order chi connectivity index (χ0) is 27.9. The molecule has 8 nitrogen and oxygen atoms in total. The maximum atomic E-state index is 13.1. The normalized spacial score (nSPS) is 13.9. The number of thioether (sulfide) groups is 1. The number of nitrogens with one attached hydrogen (secondary N) is 1. The second kappa shape index (κ2) is 12.6. The molecule has 1 N–H and O–H groups in total. The summed E-state index contributed by atoms with van der Waals surface area (Å²) < 4.78 is 25.4. The zero-order valence-electron chi connectivity index (χ0n) is 20.6. The molecule has 4 rings (SSSR count). The van der Waals surface area contributed by atoms with Crippen LogP contribution in [0.15, 0.2) is 70.0 Å². The van der Waals surface area contributed by atoms with Gasteiger partial charge in [-0.2, -0.15) is 5.26 Å². The summed E-state index contributed by atoms with van der Waals surface area (Å²) in [7, 11) is 0. The number of carbonyl (C=O) groups excluding carboxylic acids is 3. The third kappa shape index (κ3) is 6.85. The second-order valence-electron chi connectivity index (χ2n) is 8.13. The van der Waals surface area contributed by atoms with Crippen molar-refractivity contribution in [2.45, 2.75) is 13.5 Å². The van der Waals surface area contributed by atoms with Crippen molar-refractivity contribution in [1.82, 2.24) is 4.90 Å². The first-order valence-electron chi connectivity index (χ1n) is 11.7. The van der Waals surface area contributed by atoms with E-state index in [-0.39, 0.29) is 11.5 Å². The predicted molar refractivity (Wildman–Crippen MR) is 149 cm³/mol. The van der Waals surface area contributed by atoms with Crippen molar-refractivity contribution >= 4 is 56.5 Å². The minimum Gasteiger partial charge on any atom is -0.490 e. The van der Waals surface area contributed by atoms with Gasteiger partial charge in [-0.15, -0.1) is 0 Å². The molecule has 3 aromatic carbocycles. The van der Waals surface area contributed by atoms with E-state index < -0.39 is 29.4 Å². The summed E-state index contributed by atoms with van der Waals surface area (Å²) in [4.78, 5) is 38.8.